The summed E-state index contributed by atoms with van der Waals surface area (Å²) >= 11 is 9.26. The average Bonchev–Trinajstić information content (AvgIpc) is 3.42. The predicted molar refractivity (Wildman–Crippen MR) is 114 cm³/mol. The van der Waals surface area contributed by atoms with Gasteiger partial charge in [0.1, 0.15) is 15.2 Å². The van der Waals surface area contributed by atoms with E-state index in [1.165, 1.54) is 0 Å². The van der Waals surface area contributed by atoms with Gasteiger partial charge in [-0.05, 0) is 36.7 Å². The van der Waals surface area contributed by atoms with Crippen molar-refractivity contribution in [3.8, 4) is 0 Å². The minimum Gasteiger partial charge on any atom is -0.317 e. The monoisotopic (exact) mass is 428 g/mol. The highest BCUT2D eigenvalue weighted by atomic mass is 35.5. The lowest BCUT2D eigenvalue weighted by atomic mass is 10.5. The summed E-state index contributed by atoms with van der Waals surface area (Å²) in [5.41, 5.74) is 4.93. The van der Waals surface area contributed by atoms with Crippen molar-refractivity contribution in [3.05, 3.63) is 62.2 Å². The zero-order valence-corrected chi connectivity index (χ0v) is 17.2. The van der Waals surface area contributed by atoms with Gasteiger partial charge in [-0.25, -0.2) is 15.0 Å². The number of nitrogens with zero attached hydrogens (tertiary/aromatic N) is 5. The number of aromatic nitrogens is 6. The van der Waals surface area contributed by atoms with Crippen molar-refractivity contribution in [2.45, 2.75) is 13.8 Å². The lowest BCUT2D eigenvalue weighted by molar-refractivity contribution is 1.13. The Bertz CT molecular complexity index is 1540. The van der Waals surface area contributed by atoms with Gasteiger partial charge < -0.3 is 4.98 Å². The topological polar surface area (TPSA) is 80.3 Å². The standard InChI is InChI=1S/C9H6ClN3S.C9H7N3OS/c1-5-4-11-8-7(10)12-6-2-3-14-9(6)13(5)8;1-5-4-10-7-8(13)11-6-2-3-14-9(6)12(5)7/h2-4H,1H3;2-4H,1H3,(H,11,13). The van der Waals surface area contributed by atoms with E-state index in [4.69, 9.17) is 11.6 Å². The number of imidazole rings is 2. The van der Waals surface area contributed by atoms with Crippen molar-refractivity contribution >= 4 is 66.3 Å². The molecule has 1 N–H and O–H groups in total. The van der Waals surface area contributed by atoms with Crippen LogP contribution >= 0.6 is 34.3 Å². The second-order valence-electron chi connectivity index (χ2n) is 6.22. The molecule has 0 saturated heterocycles. The molecular weight excluding hydrogens is 416 g/mol. The predicted octanol–water partition coefficient (Wildman–Crippen LogP) is 4.45. The number of hydrogen-bond acceptors (Lipinski definition) is 6. The Morgan fingerprint density at radius 1 is 0.964 bits per heavy atom. The summed E-state index contributed by atoms with van der Waals surface area (Å²) in [5, 5.41) is 4.43. The molecule has 0 amide bonds. The molecule has 0 fully saturated rings. The summed E-state index contributed by atoms with van der Waals surface area (Å²) in [5.74, 6) is 0. The van der Waals surface area contributed by atoms with Crippen LogP contribution in [0.1, 0.15) is 11.4 Å². The van der Waals surface area contributed by atoms with Gasteiger partial charge in [-0.15, -0.1) is 22.7 Å². The molecule has 0 radical (unpaired) electrons. The first-order valence-electron chi connectivity index (χ1n) is 8.35. The van der Waals surface area contributed by atoms with Crippen LogP contribution in [0.5, 0.6) is 0 Å². The zero-order valence-electron chi connectivity index (χ0n) is 14.8. The van der Waals surface area contributed by atoms with Gasteiger partial charge in [0, 0.05) is 23.8 Å². The van der Waals surface area contributed by atoms with Gasteiger partial charge in [0.25, 0.3) is 5.56 Å². The summed E-state index contributed by atoms with van der Waals surface area (Å²) in [6.07, 6.45) is 3.52. The average molecular weight is 429 g/mol. The van der Waals surface area contributed by atoms with Gasteiger partial charge >= 0.3 is 0 Å². The number of rotatable bonds is 0. The van der Waals surface area contributed by atoms with E-state index in [1.54, 1.807) is 28.9 Å². The quantitative estimate of drug-likeness (QED) is 0.387. The van der Waals surface area contributed by atoms with Gasteiger partial charge in [0.2, 0.25) is 5.65 Å². The van der Waals surface area contributed by atoms with E-state index < -0.39 is 0 Å². The Labute approximate surface area is 170 Å². The largest absolute Gasteiger partial charge is 0.317 e. The van der Waals surface area contributed by atoms with E-state index in [0.29, 0.717) is 10.8 Å². The second-order valence-corrected chi connectivity index (χ2v) is 8.37. The van der Waals surface area contributed by atoms with E-state index in [0.717, 1.165) is 37.7 Å². The van der Waals surface area contributed by atoms with Crippen LogP contribution in [0.3, 0.4) is 0 Å². The maximum absolute atomic E-state index is 11.6. The third-order valence-electron chi connectivity index (χ3n) is 4.41. The fraction of sp³-hybridized carbons (Fsp3) is 0.111. The smallest absolute Gasteiger partial charge is 0.292 e. The lowest BCUT2D eigenvalue weighted by Crippen LogP contribution is -2.09. The summed E-state index contributed by atoms with van der Waals surface area (Å²) in [7, 11) is 0. The SMILES string of the molecule is Cc1cnc2c(=O)[nH]c3ccsc3n12.Cc1cnc2c(Cl)nc3ccsc3n12. The third kappa shape index (κ3) is 2.55. The normalized spacial score (nSPS) is 11.5. The first-order valence-corrected chi connectivity index (χ1v) is 10.5. The molecule has 0 unspecified atom stereocenters. The number of thiophene rings is 2. The van der Waals surface area contributed by atoms with Crippen LogP contribution < -0.4 is 5.56 Å². The summed E-state index contributed by atoms with van der Waals surface area (Å²) in [6.45, 7) is 3.95. The molecule has 0 saturated carbocycles. The molecule has 6 aromatic rings. The number of H-pyrrole nitrogens is 1. The Morgan fingerprint density at radius 3 is 2.39 bits per heavy atom. The van der Waals surface area contributed by atoms with Crippen LogP contribution in [0.4, 0.5) is 0 Å². The van der Waals surface area contributed by atoms with E-state index in [9.17, 15) is 4.79 Å². The number of aryl methyl sites for hydroxylation is 2. The molecule has 0 aromatic carbocycles. The van der Waals surface area contributed by atoms with Gasteiger partial charge in [-0.1, -0.05) is 11.6 Å². The first-order chi connectivity index (χ1) is 13.5. The fourth-order valence-electron chi connectivity index (χ4n) is 3.14. The molecule has 6 aromatic heterocycles. The number of halogens is 1. The highest BCUT2D eigenvalue weighted by Gasteiger charge is 2.10. The van der Waals surface area contributed by atoms with Crippen molar-refractivity contribution in [1.29, 1.82) is 0 Å². The van der Waals surface area contributed by atoms with Crippen molar-refractivity contribution in [2.24, 2.45) is 0 Å². The summed E-state index contributed by atoms with van der Waals surface area (Å²) in [4.78, 5) is 29.1. The van der Waals surface area contributed by atoms with E-state index in [1.807, 2.05) is 51.7 Å². The molecule has 0 atom stereocenters. The van der Waals surface area contributed by atoms with Crippen molar-refractivity contribution < 1.29 is 0 Å². The minimum absolute atomic E-state index is 0.135. The van der Waals surface area contributed by atoms with Gasteiger partial charge in [-0.3, -0.25) is 13.6 Å². The molecule has 6 rings (SSSR count). The maximum atomic E-state index is 11.6. The van der Waals surface area contributed by atoms with Crippen LogP contribution in [-0.4, -0.2) is 28.7 Å². The molecule has 0 aliphatic carbocycles. The Balaban J connectivity index is 0.000000122. The minimum atomic E-state index is -0.135. The van der Waals surface area contributed by atoms with Crippen LogP contribution in [0.15, 0.2) is 40.1 Å². The fourth-order valence-corrected chi connectivity index (χ4v) is 5.18. The first kappa shape index (κ1) is 17.4. The van der Waals surface area contributed by atoms with Crippen LogP contribution in [0, 0.1) is 13.8 Å². The molecule has 28 heavy (non-hydrogen) atoms. The van der Waals surface area contributed by atoms with Crippen LogP contribution in [-0.2, 0) is 0 Å². The number of aromatic amines is 1. The van der Waals surface area contributed by atoms with Crippen LogP contribution in [0.25, 0.3) is 32.0 Å². The summed E-state index contributed by atoms with van der Waals surface area (Å²) in [6, 6.07) is 3.87. The summed E-state index contributed by atoms with van der Waals surface area (Å²) < 4.78 is 3.92. The number of nitrogens with one attached hydrogen (secondary N) is 1. The van der Waals surface area contributed by atoms with Crippen molar-refractivity contribution in [2.75, 3.05) is 0 Å². The molecule has 0 aliphatic rings. The Kier molecular flexibility index (Phi) is 3.97. The van der Waals surface area contributed by atoms with Crippen molar-refractivity contribution in [3.63, 3.8) is 0 Å². The molecule has 10 heteroatoms. The second kappa shape index (κ2) is 6.40. The van der Waals surface area contributed by atoms with Gasteiger partial charge in [-0.2, -0.15) is 0 Å². The molecule has 140 valence electrons. The molecule has 7 nitrogen and oxygen atoms in total. The third-order valence-corrected chi connectivity index (χ3v) is 6.45. The molecule has 6 heterocycles. The number of fused-ring (bicyclic) bond motifs is 6. The Morgan fingerprint density at radius 2 is 1.61 bits per heavy atom. The van der Waals surface area contributed by atoms with E-state index in [2.05, 4.69) is 19.9 Å². The van der Waals surface area contributed by atoms with Gasteiger partial charge in [0.05, 0.1) is 5.52 Å². The van der Waals surface area contributed by atoms with E-state index >= 15 is 0 Å². The molecule has 0 bridgehead atoms. The molecule has 0 aliphatic heterocycles. The highest BCUT2D eigenvalue weighted by molar-refractivity contribution is 7.17. The van der Waals surface area contributed by atoms with E-state index in [-0.39, 0.29) is 5.56 Å². The molecular formula is C18H13ClN6OS2. The lowest BCUT2D eigenvalue weighted by Gasteiger charge is -1.99. The van der Waals surface area contributed by atoms with Gasteiger partial charge in [0.15, 0.2) is 10.8 Å². The molecule has 0 spiro atoms. The zero-order chi connectivity index (χ0) is 19.4. The van der Waals surface area contributed by atoms with Crippen LogP contribution in [0.2, 0.25) is 5.15 Å². The van der Waals surface area contributed by atoms with Crippen molar-refractivity contribution in [1.82, 2.24) is 28.7 Å². The number of hydrogen-bond donors (Lipinski definition) is 1. The maximum Gasteiger partial charge on any atom is 0.292 e. The highest BCUT2D eigenvalue weighted by Crippen LogP contribution is 2.25. The Hall–Kier alpha value is -2.75.